The molecule has 0 aliphatic heterocycles. The Morgan fingerprint density at radius 2 is 1.78 bits per heavy atom. The number of hydrogen-bond acceptors (Lipinski definition) is 2. The van der Waals surface area contributed by atoms with E-state index in [-0.39, 0.29) is 23.8 Å². The number of fused-ring (bicyclic) bond motifs is 1. The number of aromatic nitrogens is 1. The summed E-state index contributed by atoms with van der Waals surface area (Å²) in [6.45, 7) is 6.32. The van der Waals surface area contributed by atoms with Crippen LogP contribution in [0.1, 0.15) is 35.6 Å². The van der Waals surface area contributed by atoms with E-state index >= 15 is 0 Å². The van der Waals surface area contributed by atoms with E-state index in [1.54, 1.807) is 24.0 Å². The third kappa shape index (κ3) is 4.08. The maximum atomic E-state index is 13.1. The maximum Gasteiger partial charge on any atom is 0.253 e. The van der Waals surface area contributed by atoms with Crippen molar-refractivity contribution in [1.29, 1.82) is 0 Å². The van der Waals surface area contributed by atoms with E-state index in [9.17, 15) is 14.0 Å². The van der Waals surface area contributed by atoms with E-state index in [1.165, 1.54) is 12.1 Å². The number of carbonyl (C=O) groups excluding carboxylic acids is 1. The molecule has 4 nitrogen and oxygen atoms in total. The Bertz CT molecular complexity index is 1040. The minimum absolute atomic E-state index is 0.0566. The van der Waals surface area contributed by atoms with Crippen molar-refractivity contribution in [2.45, 2.75) is 40.3 Å². The summed E-state index contributed by atoms with van der Waals surface area (Å²) in [7, 11) is 0. The molecule has 0 fully saturated rings. The van der Waals surface area contributed by atoms with Crippen LogP contribution in [0.2, 0.25) is 0 Å². The van der Waals surface area contributed by atoms with Gasteiger partial charge >= 0.3 is 0 Å². The first kappa shape index (κ1) is 18.8. The third-order valence-electron chi connectivity index (χ3n) is 4.93. The Balaban J connectivity index is 1.94. The van der Waals surface area contributed by atoms with Gasteiger partial charge in [0.1, 0.15) is 5.82 Å². The Kier molecular flexibility index (Phi) is 5.40. The van der Waals surface area contributed by atoms with Crippen LogP contribution in [-0.2, 0) is 17.9 Å². The SMILES string of the molecule is CCC(=O)N(Cc1ccc(F)cc1)Cc1cc2ccc(C)c(C)c2[nH]c1=O. The van der Waals surface area contributed by atoms with Gasteiger partial charge in [-0.05, 0) is 54.1 Å². The molecule has 27 heavy (non-hydrogen) atoms. The average Bonchev–Trinajstić information content (AvgIpc) is 2.66. The van der Waals surface area contributed by atoms with Gasteiger partial charge in [0.2, 0.25) is 5.91 Å². The van der Waals surface area contributed by atoms with Crippen molar-refractivity contribution in [3.8, 4) is 0 Å². The zero-order chi connectivity index (χ0) is 19.6. The molecule has 0 aliphatic carbocycles. The number of pyridine rings is 1. The first-order valence-corrected chi connectivity index (χ1v) is 9.03. The number of aromatic amines is 1. The molecule has 0 aliphatic rings. The molecule has 0 unspecified atom stereocenters. The molecule has 1 amide bonds. The van der Waals surface area contributed by atoms with Crippen molar-refractivity contribution in [2.24, 2.45) is 0 Å². The summed E-state index contributed by atoms with van der Waals surface area (Å²) < 4.78 is 13.1. The van der Waals surface area contributed by atoms with Crippen LogP contribution in [0.25, 0.3) is 10.9 Å². The highest BCUT2D eigenvalue weighted by molar-refractivity contribution is 5.83. The zero-order valence-corrected chi connectivity index (χ0v) is 15.8. The van der Waals surface area contributed by atoms with Gasteiger partial charge in [0, 0.05) is 18.5 Å². The number of benzene rings is 2. The van der Waals surface area contributed by atoms with Gasteiger partial charge in [-0.1, -0.05) is 31.2 Å². The van der Waals surface area contributed by atoms with Crippen LogP contribution in [0.3, 0.4) is 0 Å². The van der Waals surface area contributed by atoms with E-state index < -0.39 is 0 Å². The lowest BCUT2D eigenvalue weighted by Crippen LogP contribution is -2.32. The second-order valence-electron chi connectivity index (χ2n) is 6.83. The lowest BCUT2D eigenvalue weighted by Gasteiger charge is -2.22. The first-order chi connectivity index (χ1) is 12.9. The molecule has 1 heterocycles. The van der Waals surface area contributed by atoms with Crippen molar-refractivity contribution in [3.05, 3.63) is 80.9 Å². The largest absolute Gasteiger partial charge is 0.334 e. The van der Waals surface area contributed by atoms with Gasteiger partial charge in [-0.3, -0.25) is 9.59 Å². The molecule has 0 spiro atoms. The standard InChI is InChI=1S/C22H23FN2O2/c1-4-20(26)25(12-16-6-9-19(23)10-7-16)13-18-11-17-8-5-14(2)15(3)21(17)24-22(18)27/h5-11H,4,12-13H2,1-3H3,(H,24,27). The van der Waals surface area contributed by atoms with E-state index in [0.717, 1.165) is 27.6 Å². The van der Waals surface area contributed by atoms with E-state index in [4.69, 9.17) is 0 Å². The molecule has 3 aromatic rings. The molecule has 1 N–H and O–H groups in total. The van der Waals surface area contributed by atoms with Gasteiger partial charge in [0.05, 0.1) is 12.1 Å². The van der Waals surface area contributed by atoms with Gasteiger partial charge in [0.25, 0.3) is 5.56 Å². The third-order valence-corrected chi connectivity index (χ3v) is 4.93. The van der Waals surface area contributed by atoms with Crippen molar-refractivity contribution in [1.82, 2.24) is 9.88 Å². The quantitative estimate of drug-likeness (QED) is 0.735. The van der Waals surface area contributed by atoms with Crippen LogP contribution in [0.5, 0.6) is 0 Å². The first-order valence-electron chi connectivity index (χ1n) is 9.03. The van der Waals surface area contributed by atoms with Crippen LogP contribution in [0.4, 0.5) is 4.39 Å². The van der Waals surface area contributed by atoms with Crippen molar-refractivity contribution < 1.29 is 9.18 Å². The molecule has 0 saturated heterocycles. The lowest BCUT2D eigenvalue weighted by atomic mass is 10.0. The number of hydrogen-bond donors (Lipinski definition) is 1. The minimum Gasteiger partial charge on any atom is -0.334 e. The van der Waals surface area contributed by atoms with Gasteiger partial charge in [-0.25, -0.2) is 4.39 Å². The number of nitrogens with zero attached hydrogens (tertiary/aromatic N) is 1. The Hall–Kier alpha value is -2.95. The van der Waals surface area contributed by atoms with Crippen LogP contribution >= 0.6 is 0 Å². The maximum absolute atomic E-state index is 13.1. The molecular weight excluding hydrogens is 343 g/mol. The van der Waals surface area contributed by atoms with Crippen LogP contribution in [-0.4, -0.2) is 15.8 Å². The lowest BCUT2D eigenvalue weighted by molar-refractivity contribution is -0.132. The topological polar surface area (TPSA) is 53.2 Å². The number of carbonyl (C=O) groups is 1. The Morgan fingerprint density at radius 3 is 2.44 bits per heavy atom. The number of halogens is 1. The predicted octanol–water partition coefficient (Wildman–Crippen LogP) is 4.22. The van der Waals surface area contributed by atoms with E-state index in [2.05, 4.69) is 4.98 Å². The summed E-state index contributed by atoms with van der Waals surface area (Å²) in [5.41, 5.74) is 4.16. The van der Waals surface area contributed by atoms with E-state index in [0.29, 0.717) is 18.5 Å². The van der Waals surface area contributed by atoms with Crippen molar-refractivity contribution >= 4 is 16.8 Å². The second kappa shape index (κ2) is 7.74. The number of amides is 1. The van der Waals surface area contributed by atoms with Gasteiger partial charge in [0.15, 0.2) is 0 Å². The molecule has 0 bridgehead atoms. The number of nitrogens with one attached hydrogen (secondary N) is 1. The normalized spacial score (nSPS) is 11.0. The summed E-state index contributed by atoms with van der Waals surface area (Å²) in [5, 5.41) is 0.943. The van der Waals surface area contributed by atoms with Crippen LogP contribution < -0.4 is 5.56 Å². The van der Waals surface area contributed by atoms with Crippen molar-refractivity contribution in [3.63, 3.8) is 0 Å². The minimum atomic E-state index is -0.316. The second-order valence-corrected chi connectivity index (χ2v) is 6.83. The number of aryl methyl sites for hydroxylation is 2. The summed E-state index contributed by atoms with van der Waals surface area (Å²) >= 11 is 0. The molecule has 2 aromatic carbocycles. The number of H-pyrrole nitrogens is 1. The summed E-state index contributed by atoms with van der Waals surface area (Å²) in [5.74, 6) is -0.373. The summed E-state index contributed by atoms with van der Waals surface area (Å²) in [6.07, 6.45) is 0.338. The molecule has 0 radical (unpaired) electrons. The van der Waals surface area contributed by atoms with E-state index in [1.807, 2.05) is 32.0 Å². The van der Waals surface area contributed by atoms with Crippen molar-refractivity contribution in [2.75, 3.05) is 0 Å². The molecule has 1 aromatic heterocycles. The zero-order valence-electron chi connectivity index (χ0n) is 15.8. The van der Waals surface area contributed by atoms with Crippen LogP contribution in [0.15, 0.2) is 47.3 Å². The highest BCUT2D eigenvalue weighted by atomic mass is 19.1. The number of rotatable bonds is 5. The molecule has 5 heteroatoms. The Labute approximate surface area is 157 Å². The fraction of sp³-hybridized carbons (Fsp3) is 0.273. The molecule has 140 valence electrons. The molecule has 0 saturated carbocycles. The van der Waals surface area contributed by atoms with Crippen LogP contribution in [0, 0.1) is 19.7 Å². The smallest absolute Gasteiger partial charge is 0.253 e. The van der Waals surface area contributed by atoms with Gasteiger partial charge in [-0.15, -0.1) is 0 Å². The van der Waals surface area contributed by atoms with Gasteiger partial charge in [-0.2, -0.15) is 0 Å². The Morgan fingerprint density at radius 1 is 1.07 bits per heavy atom. The van der Waals surface area contributed by atoms with Gasteiger partial charge < -0.3 is 9.88 Å². The molecule has 0 atom stereocenters. The molecule has 3 rings (SSSR count). The fourth-order valence-corrected chi connectivity index (χ4v) is 3.16. The average molecular weight is 366 g/mol. The highest BCUT2D eigenvalue weighted by Crippen LogP contribution is 2.20. The summed E-state index contributed by atoms with van der Waals surface area (Å²) in [6, 6.07) is 11.9. The molecular formula is C22H23FN2O2. The fourth-order valence-electron chi connectivity index (χ4n) is 3.16. The monoisotopic (exact) mass is 366 g/mol. The highest BCUT2D eigenvalue weighted by Gasteiger charge is 2.16. The predicted molar refractivity (Wildman–Crippen MR) is 105 cm³/mol. The summed E-state index contributed by atoms with van der Waals surface area (Å²) in [4.78, 5) is 29.6.